The standard InChI is InChI=1S/C27H27N3O2S2/c1-18-15-19(13-14-23(18)32-2)25-20(17-29(28-25)21-9-5-3-6-10-21)16-24-26(31)30(27(33)34-24)22-11-7-4-8-12-22/h3,5-6,9-10,13-17,22H,4,7-8,11-12H2,1-2H3/b24-16-. The van der Waals surface area contributed by atoms with Crippen molar-refractivity contribution in [2.45, 2.75) is 45.1 Å². The minimum atomic E-state index is 0.0197. The number of amides is 1. The van der Waals surface area contributed by atoms with E-state index in [0.717, 1.165) is 59.5 Å². The van der Waals surface area contributed by atoms with Gasteiger partial charge in [0, 0.05) is 23.4 Å². The molecule has 2 aliphatic rings. The number of thiocarbonyl (C=S) groups is 1. The fourth-order valence-corrected chi connectivity index (χ4v) is 6.12. The Hall–Kier alpha value is -2.90. The van der Waals surface area contributed by atoms with Crippen molar-refractivity contribution >= 4 is 40.3 Å². The number of carbonyl (C=O) groups is 1. The van der Waals surface area contributed by atoms with Crippen molar-refractivity contribution in [3.05, 3.63) is 70.8 Å². The molecule has 2 fully saturated rings. The Morgan fingerprint density at radius 3 is 2.59 bits per heavy atom. The molecule has 7 heteroatoms. The first-order valence-electron chi connectivity index (χ1n) is 11.6. The zero-order valence-electron chi connectivity index (χ0n) is 19.4. The lowest BCUT2D eigenvalue weighted by Gasteiger charge is -2.29. The molecule has 0 spiro atoms. The minimum Gasteiger partial charge on any atom is -0.496 e. The van der Waals surface area contributed by atoms with Crippen molar-refractivity contribution in [3.8, 4) is 22.7 Å². The topological polar surface area (TPSA) is 47.4 Å². The number of ether oxygens (including phenoxy) is 1. The molecule has 0 N–H and O–H groups in total. The fraction of sp³-hybridized carbons (Fsp3) is 0.296. The number of para-hydroxylation sites is 1. The van der Waals surface area contributed by atoms with Gasteiger partial charge in [-0.2, -0.15) is 5.10 Å². The number of aryl methyl sites for hydroxylation is 1. The Bertz CT molecular complexity index is 1260. The van der Waals surface area contributed by atoms with Gasteiger partial charge in [0.05, 0.1) is 17.7 Å². The molecule has 0 unspecified atom stereocenters. The van der Waals surface area contributed by atoms with Crippen LogP contribution < -0.4 is 4.74 Å². The van der Waals surface area contributed by atoms with Crippen molar-refractivity contribution in [1.29, 1.82) is 0 Å². The highest BCUT2D eigenvalue weighted by Gasteiger charge is 2.37. The number of methoxy groups -OCH3 is 1. The van der Waals surface area contributed by atoms with Crippen LogP contribution in [-0.2, 0) is 4.79 Å². The van der Waals surface area contributed by atoms with Crippen molar-refractivity contribution in [2.24, 2.45) is 0 Å². The Kier molecular flexibility index (Phi) is 6.57. The first-order valence-corrected chi connectivity index (χ1v) is 12.8. The average molecular weight is 490 g/mol. The second-order valence-electron chi connectivity index (χ2n) is 8.74. The molecule has 34 heavy (non-hydrogen) atoms. The van der Waals surface area contributed by atoms with Gasteiger partial charge in [-0.25, -0.2) is 4.68 Å². The van der Waals surface area contributed by atoms with Crippen LogP contribution >= 0.6 is 24.0 Å². The van der Waals surface area contributed by atoms with E-state index in [1.54, 1.807) is 7.11 Å². The summed E-state index contributed by atoms with van der Waals surface area (Å²) in [5.41, 5.74) is 4.67. The van der Waals surface area contributed by atoms with Crippen LogP contribution in [0.2, 0.25) is 0 Å². The van der Waals surface area contributed by atoms with Crippen LogP contribution in [-0.4, -0.2) is 38.1 Å². The lowest BCUT2D eigenvalue weighted by atomic mass is 9.94. The largest absolute Gasteiger partial charge is 0.496 e. The van der Waals surface area contributed by atoms with E-state index in [2.05, 4.69) is 6.07 Å². The van der Waals surface area contributed by atoms with Gasteiger partial charge in [0.2, 0.25) is 0 Å². The second-order valence-corrected chi connectivity index (χ2v) is 10.4. The highest BCUT2D eigenvalue weighted by molar-refractivity contribution is 8.26. The van der Waals surface area contributed by atoms with Crippen LogP contribution in [0, 0.1) is 6.92 Å². The Morgan fingerprint density at radius 2 is 1.88 bits per heavy atom. The van der Waals surface area contributed by atoms with Crippen LogP contribution in [0.4, 0.5) is 0 Å². The molecule has 1 amide bonds. The zero-order chi connectivity index (χ0) is 23.7. The van der Waals surface area contributed by atoms with E-state index in [0.29, 0.717) is 9.23 Å². The van der Waals surface area contributed by atoms with Crippen LogP contribution in [0.5, 0.6) is 5.75 Å². The number of benzene rings is 2. The van der Waals surface area contributed by atoms with E-state index in [1.807, 2.05) is 71.2 Å². The Labute approximate surface area is 209 Å². The monoisotopic (exact) mass is 489 g/mol. The summed E-state index contributed by atoms with van der Waals surface area (Å²) < 4.78 is 7.97. The number of thioether (sulfide) groups is 1. The fourth-order valence-electron chi connectivity index (χ4n) is 4.73. The van der Waals surface area contributed by atoms with Crippen LogP contribution in [0.1, 0.15) is 43.2 Å². The van der Waals surface area contributed by atoms with Crippen molar-refractivity contribution < 1.29 is 9.53 Å². The SMILES string of the molecule is COc1ccc(-c2nn(-c3ccccc3)cc2/C=C2\SC(=S)N(C3CCCCC3)C2=O)cc1C. The number of aromatic nitrogens is 2. The smallest absolute Gasteiger partial charge is 0.266 e. The Morgan fingerprint density at radius 1 is 1.12 bits per heavy atom. The van der Waals surface area contributed by atoms with Gasteiger partial charge in [0.25, 0.3) is 5.91 Å². The number of carbonyl (C=O) groups excluding carboxylic acids is 1. The molecule has 1 aromatic heterocycles. The molecule has 0 radical (unpaired) electrons. The van der Waals surface area contributed by atoms with E-state index in [9.17, 15) is 4.79 Å². The van der Waals surface area contributed by atoms with Gasteiger partial charge in [-0.1, -0.05) is 61.4 Å². The summed E-state index contributed by atoms with van der Waals surface area (Å²) in [4.78, 5) is 15.9. The van der Waals surface area contributed by atoms with Crippen LogP contribution in [0.25, 0.3) is 23.0 Å². The number of hydrogen-bond donors (Lipinski definition) is 0. The molecule has 1 aliphatic heterocycles. The molecule has 2 heterocycles. The first kappa shape index (κ1) is 22.9. The molecule has 174 valence electrons. The lowest BCUT2D eigenvalue weighted by molar-refractivity contribution is -0.124. The van der Waals surface area contributed by atoms with Crippen molar-refractivity contribution in [1.82, 2.24) is 14.7 Å². The minimum absolute atomic E-state index is 0.0197. The van der Waals surface area contributed by atoms with E-state index in [-0.39, 0.29) is 11.9 Å². The Balaban J connectivity index is 1.55. The third-order valence-corrected chi connectivity index (χ3v) is 7.81. The van der Waals surface area contributed by atoms with E-state index < -0.39 is 0 Å². The highest BCUT2D eigenvalue weighted by atomic mass is 32.2. The van der Waals surface area contributed by atoms with Gasteiger partial charge in [0.1, 0.15) is 15.8 Å². The maximum Gasteiger partial charge on any atom is 0.266 e. The number of nitrogens with zero attached hydrogens (tertiary/aromatic N) is 3. The third-order valence-electron chi connectivity index (χ3n) is 6.48. The maximum atomic E-state index is 13.4. The molecule has 1 saturated heterocycles. The van der Waals surface area contributed by atoms with Crippen LogP contribution in [0.3, 0.4) is 0 Å². The van der Waals surface area contributed by atoms with Crippen molar-refractivity contribution in [2.75, 3.05) is 7.11 Å². The molecule has 1 saturated carbocycles. The zero-order valence-corrected chi connectivity index (χ0v) is 21.0. The van der Waals surface area contributed by atoms with Crippen molar-refractivity contribution in [3.63, 3.8) is 0 Å². The molecule has 0 atom stereocenters. The van der Waals surface area contributed by atoms with Gasteiger partial charge in [-0.15, -0.1) is 0 Å². The summed E-state index contributed by atoms with van der Waals surface area (Å²) in [5, 5.41) is 4.91. The molecular weight excluding hydrogens is 462 g/mol. The molecule has 0 bridgehead atoms. The van der Waals surface area contributed by atoms with Crippen LogP contribution in [0.15, 0.2) is 59.6 Å². The number of hydrogen-bond acceptors (Lipinski definition) is 5. The molecule has 5 rings (SSSR count). The lowest BCUT2D eigenvalue weighted by Crippen LogP contribution is -2.39. The summed E-state index contributed by atoms with van der Waals surface area (Å²) >= 11 is 7.04. The summed E-state index contributed by atoms with van der Waals surface area (Å²) in [6, 6.07) is 16.3. The second kappa shape index (κ2) is 9.76. The number of rotatable bonds is 5. The molecule has 5 nitrogen and oxygen atoms in total. The van der Waals surface area contributed by atoms with Gasteiger partial charge in [-0.3, -0.25) is 9.69 Å². The quantitative estimate of drug-likeness (QED) is 0.307. The summed E-state index contributed by atoms with van der Waals surface area (Å²) in [7, 11) is 1.67. The predicted octanol–water partition coefficient (Wildman–Crippen LogP) is 6.39. The van der Waals surface area contributed by atoms with Gasteiger partial charge >= 0.3 is 0 Å². The van der Waals surface area contributed by atoms with Gasteiger partial charge in [0.15, 0.2) is 0 Å². The maximum absolute atomic E-state index is 13.4. The normalized spacial score (nSPS) is 18.2. The summed E-state index contributed by atoms with van der Waals surface area (Å²) in [5.74, 6) is 0.854. The average Bonchev–Trinajstić information content (AvgIpc) is 3.40. The summed E-state index contributed by atoms with van der Waals surface area (Å²) in [6.07, 6.45) is 9.55. The first-order chi connectivity index (χ1) is 16.5. The predicted molar refractivity (Wildman–Crippen MR) is 142 cm³/mol. The molecule has 2 aromatic carbocycles. The van der Waals surface area contributed by atoms with Gasteiger partial charge in [-0.05, 0) is 61.7 Å². The van der Waals surface area contributed by atoms with E-state index in [4.69, 9.17) is 22.1 Å². The molecule has 3 aromatic rings. The summed E-state index contributed by atoms with van der Waals surface area (Å²) in [6.45, 7) is 2.02. The van der Waals surface area contributed by atoms with E-state index in [1.165, 1.54) is 18.2 Å². The third kappa shape index (κ3) is 4.42. The van der Waals surface area contributed by atoms with E-state index >= 15 is 0 Å². The highest BCUT2D eigenvalue weighted by Crippen LogP contribution is 2.38. The molecule has 1 aliphatic carbocycles. The van der Waals surface area contributed by atoms with Gasteiger partial charge < -0.3 is 4.74 Å². The molecular formula is C27H27N3O2S2.